The van der Waals surface area contributed by atoms with Crippen LogP contribution in [0, 0.1) is 5.41 Å². The van der Waals surface area contributed by atoms with Gasteiger partial charge in [-0.1, -0.05) is 20.8 Å². The first-order chi connectivity index (χ1) is 8.05. The number of fused-ring (bicyclic) bond motifs is 2. The SMILES string of the molecule is CC(C)(C)C1NCCc2cc3c(cc21)OCO3. The van der Waals surface area contributed by atoms with Crippen molar-refractivity contribution in [3.8, 4) is 11.5 Å². The lowest BCUT2D eigenvalue weighted by atomic mass is 9.78. The Kier molecular flexibility index (Phi) is 2.33. The fraction of sp³-hybridized carbons (Fsp3) is 0.571. The van der Waals surface area contributed by atoms with Crippen molar-refractivity contribution in [2.24, 2.45) is 5.41 Å². The van der Waals surface area contributed by atoms with E-state index in [2.05, 4.69) is 38.2 Å². The summed E-state index contributed by atoms with van der Waals surface area (Å²) >= 11 is 0. The van der Waals surface area contributed by atoms with Crippen LogP contribution in [0.4, 0.5) is 0 Å². The van der Waals surface area contributed by atoms with Crippen molar-refractivity contribution >= 4 is 0 Å². The van der Waals surface area contributed by atoms with Gasteiger partial charge in [-0.05, 0) is 41.6 Å². The zero-order valence-electron chi connectivity index (χ0n) is 10.7. The minimum absolute atomic E-state index is 0.211. The third-order valence-corrected chi connectivity index (χ3v) is 3.55. The molecule has 0 radical (unpaired) electrons. The molecule has 1 atom stereocenters. The Hall–Kier alpha value is -1.22. The molecule has 0 aliphatic carbocycles. The molecule has 1 unspecified atom stereocenters. The van der Waals surface area contributed by atoms with Crippen molar-refractivity contribution in [1.82, 2.24) is 5.32 Å². The van der Waals surface area contributed by atoms with Crippen LogP contribution in [0.2, 0.25) is 0 Å². The smallest absolute Gasteiger partial charge is 0.231 e. The minimum atomic E-state index is 0.211. The Balaban J connectivity index is 2.08. The van der Waals surface area contributed by atoms with Crippen LogP contribution >= 0.6 is 0 Å². The summed E-state index contributed by atoms with van der Waals surface area (Å²) in [6, 6.07) is 4.69. The fourth-order valence-electron chi connectivity index (χ4n) is 2.72. The molecule has 1 N–H and O–H groups in total. The second-order valence-electron chi connectivity index (χ2n) is 5.91. The average Bonchev–Trinajstić information content (AvgIpc) is 2.70. The van der Waals surface area contributed by atoms with Crippen LogP contribution in [-0.2, 0) is 6.42 Å². The van der Waals surface area contributed by atoms with Crippen molar-refractivity contribution in [3.63, 3.8) is 0 Å². The average molecular weight is 233 g/mol. The summed E-state index contributed by atoms with van der Waals surface area (Å²) < 4.78 is 10.9. The molecule has 2 aliphatic rings. The molecular formula is C14H19NO2. The van der Waals surface area contributed by atoms with E-state index in [1.165, 1.54) is 11.1 Å². The maximum Gasteiger partial charge on any atom is 0.231 e. The van der Waals surface area contributed by atoms with Gasteiger partial charge in [-0.3, -0.25) is 0 Å². The second kappa shape index (κ2) is 3.64. The van der Waals surface area contributed by atoms with Crippen molar-refractivity contribution in [1.29, 1.82) is 0 Å². The highest BCUT2D eigenvalue weighted by Crippen LogP contribution is 2.42. The molecule has 0 saturated heterocycles. The summed E-state index contributed by atoms with van der Waals surface area (Å²) in [7, 11) is 0. The molecule has 0 amide bonds. The van der Waals surface area contributed by atoms with Gasteiger partial charge in [0, 0.05) is 6.04 Å². The predicted molar refractivity (Wildman–Crippen MR) is 66.5 cm³/mol. The molecule has 3 heteroatoms. The van der Waals surface area contributed by atoms with Gasteiger partial charge in [-0.25, -0.2) is 0 Å². The van der Waals surface area contributed by atoms with Gasteiger partial charge in [0.2, 0.25) is 6.79 Å². The van der Waals surface area contributed by atoms with E-state index >= 15 is 0 Å². The van der Waals surface area contributed by atoms with E-state index < -0.39 is 0 Å². The van der Waals surface area contributed by atoms with Crippen molar-refractivity contribution < 1.29 is 9.47 Å². The summed E-state index contributed by atoms with van der Waals surface area (Å²) in [6.45, 7) is 8.19. The monoisotopic (exact) mass is 233 g/mol. The third-order valence-electron chi connectivity index (χ3n) is 3.55. The highest BCUT2D eigenvalue weighted by atomic mass is 16.7. The molecular weight excluding hydrogens is 214 g/mol. The maximum atomic E-state index is 5.48. The van der Waals surface area contributed by atoms with Crippen LogP contribution in [0.25, 0.3) is 0 Å². The molecule has 0 aromatic heterocycles. The van der Waals surface area contributed by atoms with Crippen LogP contribution in [0.3, 0.4) is 0 Å². The van der Waals surface area contributed by atoms with Crippen LogP contribution in [-0.4, -0.2) is 13.3 Å². The molecule has 92 valence electrons. The summed E-state index contributed by atoms with van der Waals surface area (Å²) in [5.74, 6) is 1.79. The summed E-state index contributed by atoms with van der Waals surface area (Å²) in [5, 5.41) is 3.61. The Bertz CT molecular complexity index is 448. The van der Waals surface area contributed by atoms with E-state index in [9.17, 15) is 0 Å². The highest BCUT2D eigenvalue weighted by Gasteiger charge is 2.32. The number of ether oxygens (including phenoxy) is 2. The molecule has 3 rings (SSSR count). The lowest BCUT2D eigenvalue weighted by Crippen LogP contribution is -2.37. The van der Waals surface area contributed by atoms with Crippen LogP contribution in [0.5, 0.6) is 11.5 Å². The van der Waals surface area contributed by atoms with Gasteiger partial charge in [-0.2, -0.15) is 0 Å². The van der Waals surface area contributed by atoms with Gasteiger partial charge < -0.3 is 14.8 Å². The van der Waals surface area contributed by atoms with Crippen LogP contribution in [0.1, 0.15) is 37.9 Å². The lowest BCUT2D eigenvalue weighted by molar-refractivity contribution is 0.174. The number of nitrogens with one attached hydrogen (secondary N) is 1. The number of hydrogen-bond acceptors (Lipinski definition) is 3. The third kappa shape index (κ3) is 1.78. The quantitative estimate of drug-likeness (QED) is 0.747. The molecule has 2 heterocycles. The Morgan fingerprint density at radius 1 is 1.18 bits per heavy atom. The first-order valence-electron chi connectivity index (χ1n) is 6.21. The predicted octanol–water partition coefficient (Wildman–Crippen LogP) is 2.65. The van der Waals surface area contributed by atoms with E-state index in [4.69, 9.17) is 9.47 Å². The molecule has 0 fully saturated rings. The molecule has 2 aliphatic heterocycles. The minimum Gasteiger partial charge on any atom is -0.454 e. The van der Waals surface area contributed by atoms with Gasteiger partial charge in [0.25, 0.3) is 0 Å². The van der Waals surface area contributed by atoms with Gasteiger partial charge in [0.05, 0.1) is 0 Å². The Morgan fingerprint density at radius 3 is 2.59 bits per heavy atom. The van der Waals surface area contributed by atoms with E-state index in [0.717, 1.165) is 24.5 Å². The number of hydrogen-bond donors (Lipinski definition) is 1. The molecule has 1 aromatic rings. The fourth-order valence-corrected chi connectivity index (χ4v) is 2.72. The largest absolute Gasteiger partial charge is 0.454 e. The first-order valence-corrected chi connectivity index (χ1v) is 6.21. The Labute approximate surface area is 102 Å². The van der Waals surface area contributed by atoms with Gasteiger partial charge in [0.15, 0.2) is 11.5 Å². The second-order valence-corrected chi connectivity index (χ2v) is 5.91. The van der Waals surface area contributed by atoms with E-state index in [1.807, 2.05) is 0 Å². The molecule has 0 bridgehead atoms. The highest BCUT2D eigenvalue weighted by molar-refractivity contribution is 5.50. The summed E-state index contributed by atoms with van der Waals surface area (Å²) in [5.41, 5.74) is 2.98. The zero-order valence-corrected chi connectivity index (χ0v) is 10.7. The van der Waals surface area contributed by atoms with Gasteiger partial charge in [-0.15, -0.1) is 0 Å². The van der Waals surface area contributed by atoms with E-state index in [0.29, 0.717) is 12.8 Å². The number of benzene rings is 1. The van der Waals surface area contributed by atoms with Gasteiger partial charge >= 0.3 is 0 Å². The van der Waals surface area contributed by atoms with Crippen LogP contribution in [0.15, 0.2) is 12.1 Å². The first kappa shape index (κ1) is 10.9. The molecule has 0 spiro atoms. The van der Waals surface area contributed by atoms with E-state index in [-0.39, 0.29) is 5.41 Å². The maximum absolute atomic E-state index is 5.48. The van der Waals surface area contributed by atoms with Gasteiger partial charge in [0.1, 0.15) is 0 Å². The summed E-state index contributed by atoms with van der Waals surface area (Å²) in [6.07, 6.45) is 1.07. The van der Waals surface area contributed by atoms with Crippen molar-refractivity contribution in [2.45, 2.75) is 33.2 Å². The molecule has 17 heavy (non-hydrogen) atoms. The zero-order chi connectivity index (χ0) is 12.0. The lowest BCUT2D eigenvalue weighted by Gasteiger charge is -2.36. The van der Waals surface area contributed by atoms with E-state index in [1.54, 1.807) is 0 Å². The normalized spacial score (nSPS) is 22.4. The topological polar surface area (TPSA) is 30.5 Å². The Morgan fingerprint density at radius 2 is 1.88 bits per heavy atom. The number of rotatable bonds is 0. The molecule has 0 saturated carbocycles. The van der Waals surface area contributed by atoms with Crippen LogP contribution < -0.4 is 14.8 Å². The molecule has 1 aromatic carbocycles. The summed E-state index contributed by atoms with van der Waals surface area (Å²) in [4.78, 5) is 0. The standard InChI is InChI=1S/C14H19NO2/c1-14(2,3)13-10-7-12-11(16-8-17-12)6-9(10)4-5-15-13/h6-7,13,15H,4-5,8H2,1-3H3. The van der Waals surface area contributed by atoms with Crippen molar-refractivity contribution in [3.05, 3.63) is 23.3 Å². The molecule has 3 nitrogen and oxygen atoms in total. The van der Waals surface area contributed by atoms with Crippen molar-refractivity contribution in [2.75, 3.05) is 13.3 Å².